The van der Waals surface area contributed by atoms with Crippen LogP contribution < -0.4 is 40.2 Å². The number of aromatic nitrogens is 2. The van der Waals surface area contributed by atoms with Gasteiger partial charge in [-0.1, -0.05) is 127 Å². The van der Waals surface area contributed by atoms with Gasteiger partial charge in [0, 0.05) is 79.2 Å². The molecule has 0 aliphatic heterocycles. The maximum Gasteiger partial charge on any atom is 0.338 e. The predicted octanol–water partition coefficient (Wildman–Crippen LogP) is 13.3. The number of rotatable bonds is 38. The molecule has 0 aliphatic rings. The van der Waals surface area contributed by atoms with Crippen LogP contribution in [0.25, 0.3) is 11.0 Å². The van der Waals surface area contributed by atoms with Gasteiger partial charge in [0.25, 0.3) is 25.7 Å². The van der Waals surface area contributed by atoms with E-state index in [1.807, 2.05) is 60.4 Å². The number of nitro benzene ring substituents is 1. The van der Waals surface area contributed by atoms with Gasteiger partial charge in [0.2, 0.25) is 20.0 Å². The van der Waals surface area contributed by atoms with Crippen LogP contribution in [0.4, 0.5) is 28.4 Å². The number of sulfonamides is 4. The third-order valence-electron chi connectivity index (χ3n) is 16.6. The van der Waals surface area contributed by atoms with Gasteiger partial charge in [-0.25, -0.2) is 46.5 Å². The Labute approximate surface area is 668 Å². The summed E-state index contributed by atoms with van der Waals surface area (Å²) in [6.07, 6.45) is 16.8. The van der Waals surface area contributed by atoms with Crippen LogP contribution in [0.1, 0.15) is 141 Å². The second-order valence-corrected chi connectivity index (χ2v) is 32.4. The summed E-state index contributed by atoms with van der Waals surface area (Å²) in [6.45, 7) is 15.9. The number of nitro groups is 1. The third-order valence-corrected chi connectivity index (χ3v) is 20.9. The number of primary sulfonamides is 2. The van der Waals surface area contributed by atoms with Gasteiger partial charge in [0.1, 0.15) is 55.3 Å². The number of nitrogens with zero attached hydrogens (tertiary/aromatic N) is 9. The molecule has 1 aromatic heterocycles. The molecular formula is C79H103N13O18S4. The van der Waals surface area contributed by atoms with E-state index in [2.05, 4.69) is 84.5 Å². The lowest BCUT2D eigenvalue weighted by Crippen LogP contribution is -2.27. The number of para-hydroxylation sites is 3. The van der Waals surface area contributed by atoms with E-state index in [0.717, 1.165) is 107 Å². The Morgan fingerprint density at radius 3 is 1.51 bits per heavy atom. The van der Waals surface area contributed by atoms with Crippen LogP contribution in [0.2, 0.25) is 0 Å². The molecule has 0 saturated carbocycles. The van der Waals surface area contributed by atoms with Gasteiger partial charge in [-0.3, -0.25) is 10.1 Å². The van der Waals surface area contributed by atoms with E-state index in [1.165, 1.54) is 41.4 Å². The highest BCUT2D eigenvalue weighted by molar-refractivity contribution is 7.91. The molecule has 0 unspecified atom stereocenters. The van der Waals surface area contributed by atoms with E-state index in [0.29, 0.717) is 78.9 Å². The number of hydrogen-bond acceptors (Lipinski definition) is 22. The van der Waals surface area contributed by atoms with E-state index in [-0.39, 0.29) is 55.1 Å². The zero-order chi connectivity index (χ0) is 84.5. The van der Waals surface area contributed by atoms with Crippen LogP contribution in [-0.4, -0.2) is 169 Å². The fourth-order valence-electron chi connectivity index (χ4n) is 10.9. The number of imidazole rings is 1. The topological polar surface area (TPSA) is 420 Å². The van der Waals surface area contributed by atoms with Gasteiger partial charge in [0.15, 0.2) is 11.5 Å². The number of carbonyl (C=O) groups is 3. The number of unbranched alkanes of at least 4 members (excludes halogenated alkanes) is 5. The number of carboxylic acid groups (broad SMARTS) is 1. The van der Waals surface area contributed by atoms with E-state index < -0.39 is 73.5 Å². The Kier molecular flexibility index (Phi) is 36.8. The van der Waals surface area contributed by atoms with Gasteiger partial charge in [0.05, 0.1) is 64.8 Å². The molecule has 0 radical (unpaired) electrons. The number of methoxy groups -OCH3 is 2. The molecule has 0 fully saturated rings. The number of nitrogens with one attached hydrogen (secondary N) is 2. The largest absolute Gasteiger partial charge is 0.478 e. The van der Waals surface area contributed by atoms with E-state index >= 15 is 0 Å². The second-order valence-electron chi connectivity index (χ2n) is 26.1. The van der Waals surface area contributed by atoms with Crippen molar-refractivity contribution in [3.05, 3.63) is 178 Å². The van der Waals surface area contributed by atoms with Gasteiger partial charge in [-0.05, 0) is 123 Å². The molecule has 0 atom stereocenters. The zero-order valence-corrected chi connectivity index (χ0v) is 69.5. The monoisotopic (exact) mass is 1650 g/mol. The molecule has 0 spiro atoms. The summed E-state index contributed by atoms with van der Waals surface area (Å²) >= 11 is 0. The lowest BCUT2D eigenvalue weighted by atomic mass is 10.1. The fraction of sp³-hybridized carbons (Fsp3) is 0.367. The van der Waals surface area contributed by atoms with Crippen molar-refractivity contribution in [2.75, 3.05) is 95.6 Å². The van der Waals surface area contributed by atoms with E-state index in [4.69, 9.17) is 26.2 Å². The Balaban J connectivity index is 0.000000273. The third kappa shape index (κ3) is 27.9. The van der Waals surface area contributed by atoms with Gasteiger partial charge in [-0.2, -0.15) is 16.8 Å². The zero-order valence-electron chi connectivity index (χ0n) is 66.2. The van der Waals surface area contributed by atoms with Crippen LogP contribution in [0.15, 0.2) is 168 Å². The summed E-state index contributed by atoms with van der Waals surface area (Å²) in [5, 5.41) is 38.2. The Morgan fingerprint density at radius 1 is 0.596 bits per heavy atom. The number of fused-ring (bicyclic) bond motifs is 1. The van der Waals surface area contributed by atoms with E-state index in [9.17, 15) is 63.3 Å². The van der Waals surface area contributed by atoms with Crippen molar-refractivity contribution in [2.45, 2.75) is 138 Å². The van der Waals surface area contributed by atoms with Crippen LogP contribution in [-0.2, 0) is 62.7 Å². The number of nitrogens with two attached hydrogens (primary N) is 2. The first-order valence-electron chi connectivity index (χ1n) is 36.5. The minimum atomic E-state index is -4.29. The molecule has 7 N–H and O–H groups in total. The molecule has 7 aromatic carbocycles. The first-order valence-corrected chi connectivity index (χ1v) is 42.5. The molecule has 0 saturated heterocycles. The molecular weight excluding hydrogens is 1550 g/mol. The van der Waals surface area contributed by atoms with Crippen molar-refractivity contribution in [1.82, 2.24) is 19.4 Å². The summed E-state index contributed by atoms with van der Waals surface area (Å²) in [4.78, 5) is 56.5. The number of ether oxygens (including phenoxy) is 4. The maximum absolute atomic E-state index is 12.7. The predicted molar refractivity (Wildman–Crippen MR) is 445 cm³/mol. The molecule has 8 aromatic rings. The summed E-state index contributed by atoms with van der Waals surface area (Å²) in [7, 11) is -7.87. The molecule has 8 rings (SSSR count). The summed E-state index contributed by atoms with van der Waals surface area (Å²) in [5.41, 5.74) is 2.55. The van der Waals surface area contributed by atoms with Crippen molar-refractivity contribution >= 4 is 110 Å². The number of carboxylic acids is 1. The van der Waals surface area contributed by atoms with Crippen molar-refractivity contribution in [2.24, 2.45) is 19.1 Å². The van der Waals surface area contributed by atoms with Crippen LogP contribution in [0.5, 0.6) is 23.0 Å². The molecule has 0 aliphatic carbocycles. The average molecular weight is 1650 g/mol. The van der Waals surface area contributed by atoms with Crippen molar-refractivity contribution in [1.29, 1.82) is 0 Å². The number of aryl methyl sites for hydroxylation is 1. The Morgan fingerprint density at radius 2 is 1.04 bits per heavy atom. The normalized spacial score (nSPS) is 11.4. The van der Waals surface area contributed by atoms with Gasteiger partial charge < -0.3 is 58.9 Å². The van der Waals surface area contributed by atoms with Gasteiger partial charge >= 0.3 is 17.9 Å². The Hall–Kier alpha value is -11.2. The number of aromatic carboxylic acids is 1. The number of benzene rings is 7. The number of esters is 2. The molecule has 0 bridgehead atoms. The quantitative estimate of drug-likeness (QED) is 0.00456. The summed E-state index contributed by atoms with van der Waals surface area (Å²) < 4.78 is 131. The number of anilines is 4. The van der Waals surface area contributed by atoms with Crippen molar-refractivity contribution in [3.63, 3.8) is 0 Å². The first kappa shape index (κ1) is 93.4. The van der Waals surface area contributed by atoms with Gasteiger partial charge in [-0.15, -0.1) is 15.2 Å². The van der Waals surface area contributed by atoms with Crippen molar-refractivity contribution < 1.29 is 77.0 Å². The highest BCUT2D eigenvalue weighted by Crippen LogP contribution is 2.42. The minimum absolute atomic E-state index is 0.0173. The molecule has 31 nitrogen and oxygen atoms in total. The first-order chi connectivity index (χ1) is 54.0. The summed E-state index contributed by atoms with van der Waals surface area (Å²) in [5.74, 6) is 1.49. The van der Waals surface area contributed by atoms with E-state index in [1.54, 1.807) is 82.1 Å². The van der Waals surface area contributed by atoms with Crippen LogP contribution in [0, 0.1) is 29.4 Å². The van der Waals surface area contributed by atoms with Crippen molar-refractivity contribution in [3.8, 4) is 35.3 Å². The van der Waals surface area contributed by atoms with Crippen LogP contribution >= 0.6 is 0 Å². The lowest BCUT2D eigenvalue weighted by Gasteiger charge is -2.28. The molecule has 0 amide bonds. The Bertz CT molecular complexity index is 5140. The maximum atomic E-state index is 12.7. The molecule has 35 heteroatoms. The lowest BCUT2D eigenvalue weighted by molar-refractivity contribution is -0.384. The minimum Gasteiger partial charge on any atom is -0.478 e. The SMILES string of the molecule is C#CCn1c(C)nc2cc(C(=O)OC)cc(S(=O)(=O)N=CN(C)C)c21.CCCCN(CCCC)c1cc(C(=O)O)cc(S(N)(=O)=O)c1Oc1ccccc1.CCCCNc1c([N+](=O)[O-])cc(C(=O)OC)cc1S(=O)(=O)N=CN(C)C.CCCCNc1cc(CN(CCCC)c2ccccc2)cc(S(N)(=O)=O)c1Oc1ccccc1. The second kappa shape index (κ2) is 44.9. The molecule has 1 heterocycles. The standard InChI is InChI=1S/C27H35N3O3S.C21H28N2O5S.C16H18N4O4S.C15H22N4O6S/c1-3-5-17-29-25-19-22(21-30(18-6-4-2)23-13-9-7-10-14-23)20-26(34(28,31)32)27(25)33-24-15-11-8-12-16-24;1-3-5-12-23(13-6-4-2)18-14-16(21(24)25)15-19(29(22,26)27)20(18)28-17-10-8-7-9-11-17;1-6-7-20-11(2)18-13-8-12(16(21)24-5)9-14(15(13)20)25(22,23)17-10-19(3)4;1-5-6-7-16-14-12(19(21)22)8-11(15(20)25-4)9-13(14)26(23,24)17-10-18(2)3/h7-16,19-20,29H,3-6,17-18,21H2,1-2H3,(H2,28,31,32);7-11,14-15H,3-6,12-13H2,1-2H3,(H,24,25)(H2,22,26,27);1,8-10H,7H2,2-5H3;8-10,16H,5-7H2,1-4H3. The summed E-state index contributed by atoms with van der Waals surface area (Å²) in [6, 6.07) is 38.9. The highest BCUT2D eigenvalue weighted by Gasteiger charge is 2.31. The fourth-order valence-corrected chi connectivity index (χ4v) is 14.6. The average Bonchev–Trinajstić information content (AvgIpc) is 1.67. The highest BCUT2D eigenvalue weighted by atomic mass is 32.2. The number of hydrogen-bond donors (Lipinski definition) is 5. The number of terminal acetylenes is 1. The molecule has 616 valence electrons. The molecule has 114 heavy (non-hydrogen) atoms. The van der Waals surface area contributed by atoms with Crippen LogP contribution in [0.3, 0.4) is 0 Å². The smallest absolute Gasteiger partial charge is 0.338 e. The number of carbonyl (C=O) groups excluding carboxylic acids is 2.